The maximum atomic E-state index is 11.7. The van der Waals surface area contributed by atoms with Crippen molar-refractivity contribution in [3.05, 3.63) is 10.8 Å². The molecule has 4 nitrogen and oxygen atoms in total. The summed E-state index contributed by atoms with van der Waals surface area (Å²) in [7, 11) is 0. The molecular weight excluding hydrogens is 198 g/mol. The van der Waals surface area contributed by atoms with E-state index < -0.39 is 5.41 Å². The molecule has 2 rings (SSSR count). The van der Waals surface area contributed by atoms with Crippen LogP contribution in [0.4, 0.5) is 0 Å². The third kappa shape index (κ3) is 1.15. The minimum atomic E-state index is -0.980. The zero-order chi connectivity index (χ0) is 10.2. The second-order valence-corrected chi connectivity index (χ2v) is 4.19. The summed E-state index contributed by atoms with van der Waals surface area (Å²) in [5.74, 6) is 0.635. The molecule has 1 aliphatic carbocycles. The van der Waals surface area contributed by atoms with E-state index in [9.17, 15) is 4.79 Å². The van der Waals surface area contributed by atoms with Crippen LogP contribution in [0.3, 0.4) is 0 Å². The van der Waals surface area contributed by atoms with Crippen LogP contribution < -0.4 is 0 Å². The molecule has 0 saturated heterocycles. The Morgan fingerprint density at radius 1 is 1.64 bits per heavy atom. The molecule has 0 N–H and O–H groups in total. The van der Waals surface area contributed by atoms with Crippen molar-refractivity contribution in [1.29, 1.82) is 5.26 Å². The average molecular weight is 207 g/mol. The van der Waals surface area contributed by atoms with Gasteiger partial charge < -0.3 is 0 Å². The lowest BCUT2D eigenvalue weighted by Gasteiger charge is -2.13. The molecule has 1 heterocycles. The van der Waals surface area contributed by atoms with Crippen molar-refractivity contribution in [3.8, 4) is 6.07 Å². The number of nitrogens with zero attached hydrogens (tertiary/aromatic N) is 3. The van der Waals surface area contributed by atoms with Crippen LogP contribution in [0, 0.1) is 18.3 Å². The molecular formula is C9H9N3OS. The van der Waals surface area contributed by atoms with Gasteiger partial charge in [0.1, 0.15) is 10.8 Å². The Balaban J connectivity index is 2.49. The van der Waals surface area contributed by atoms with Gasteiger partial charge in [0.25, 0.3) is 0 Å². The van der Waals surface area contributed by atoms with Crippen LogP contribution in [-0.4, -0.2) is 15.1 Å². The summed E-state index contributed by atoms with van der Waals surface area (Å²) in [5.41, 5.74) is -0.980. The number of Topliss-reactive ketones (excluding diaryl/α,β-unsaturated/α-hetero) is 1. The van der Waals surface area contributed by atoms with E-state index in [0.29, 0.717) is 23.7 Å². The number of aryl methyl sites for hydroxylation is 1. The number of carbonyl (C=O) groups is 1. The monoisotopic (exact) mass is 207 g/mol. The largest absolute Gasteiger partial charge is 0.297 e. The first-order valence-electron chi connectivity index (χ1n) is 4.44. The fourth-order valence-corrected chi connectivity index (χ4v) is 2.58. The molecule has 1 atom stereocenters. The van der Waals surface area contributed by atoms with Crippen LogP contribution in [0.25, 0.3) is 0 Å². The molecule has 1 aromatic heterocycles. The van der Waals surface area contributed by atoms with Crippen LogP contribution >= 0.6 is 11.5 Å². The van der Waals surface area contributed by atoms with E-state index in [1.54, 1.807) is 6.92 Å². The molecule has 1 aliphatic rings. The Morgan fingerprint density at radius 2 is 2.43 bits per heavy atom. The smallest absolute Gasteiger partial charge is 0.168 e. The van der Waals surface area contributed by atoms with E-state index in [4.69, 9.17) is 5.26 Å². The number of hydrogen-bond acceptors (Lipinski definition) is 5. The zero-order valence-corrected chi connectivity index (χ0v) is 8.60. The number of rotatable bonds is 1. The highest BCUT2D eigenvalue weighted by molar-refractivity contribution is 7.05. The average Bonchev–Trinajstić information content (AvgIpc) is 2.73. The van der Waals surface area contributed by atoms with Gasteiger partial charge in [-0.05, 0) is 31.3 Å². The second-order valence-electron chi connectivity index (χ2n) is 3.44. The van der Waals surface area contributed by atoms with Crippen LogP contribution in [0.5, 0.6) is 0 Å². The predicted molar refractivity (Wildman–Crippen MR) is 50.8 cm³/mol. The van der Waals surface area contributed by atoms with E-state index in [1.165, 1.54) is 11.5 Å². The summed E-state index contributed by atoms with van der Waals surface area (Å²) in [5, 5.41) is 9.69. The Morgan fingerprint density at radius 3 is 2.86 bits per heavy atom. The molecule has 5 heteroatoms. The molecule has 0 aliphatic heterocycles. The maximum Gasteiger partial charge on any atom is 0.168 e. The lowest BCUT2D eigenvalue weighted by atomic mass is 9.88. The SMILES string of the molecule is Cc1nsc(C2(C#N)CCCC2=O)n1. The van der Waals surface area contributed by atoms with Crippen molar-refractivity contribution >= 4 is 17.3 Å². The van der Waals surface area contributed by atoms with Crippen LogP contribution in [0.2, 0.25) is 0 Å². The quantitative estimate of drug-likeness (QED) is 0.697. The molecule has 1 aromatic rings. The number of nitriles is 1. The highest BCUT2D eigenvalue weighted by Crippen LogP contribution is 2.38. The maximum absolute atomic E-state index is 11.7. The molecule has 0 bridgehead atoms. The van der Waals surface area contributed by atoms with Crippen LogP contribution in [0.15, 0.2) is 0 Å². The van der Waals surface area contributed by atoms with Crippen molar-refractivity contribution in [2.24, 2.45) is 0 Å². The van der Waals surface area contributed by atoms with Gasteiger partial charge in [0.2, 0.25) is 0 Å². The molecule has 1 unspecified atom stereocenters. The van der Waals surface area contributed by atoms with Gasteiger partial charge in [-0.3, -0.25) is 4.79 Å². The zero-order valence-electron chi connectivity index (χ0n) is 7.78. The Labute approximate surface area is 85.8 Å². The van der Waals surface area contributed by atoms with Gasteiger partial charge in [0.15, 0.2) is 11.2 Å². The van der Waals surface area contributed by atoms with Crippen molar-refractivity contribution in [2.45, 2.75) is 31.6 Å². The minimum Gasteiger partial charge on any atom is -0.297 e. The van der Waals surface area contributed by atoms with E-state index in [0.717, 1.165) is 6.42 Å². The second kappa shape index (κ2) is 3.14. The fraction of sp³-hybridized carbons (Fsp3) is 0.556. The third-order valence-electron chi connectivity index (χ3n) is 2.52. The van der Waals surface area contributed by atoms with Gasteiger partial charge in [-0.2, -0.15) is 9.64 Å². The highest BCUT2D eigenvalue weighted by atomic mass is 32.1. The molecule has 0 aromatic carbocycles. The summed E-state index contributed by atoms with van der Waals surface area (Å²) in [6, 6.07) is 2.12. The van der Waals surface area contributed by atoms with Crippen molar-refractivity contribution in [1.82, 2.24) is 9.36 Å². The standard InChI is InChI=1S/C9H9N3OS/c1-6-11-8(14-12-6)9(5-10)4-2-3-7(9)13/h2-4H2,1H3. The minimum absolute atomic E-state index is 0.00356. The Hall–Kier alpha value is -1.28. The van der Waals surface area contributed by atoms with Crippen molar-refractivity contribution < 1.29 is 4.79 Å². The van der Waals surface area contributed by atoms with Gasteiger partial charge in [-0.15, -0.1) is 0 Å². The first-order chi connectivity index (χ1) is 6.69. The summed E-state index contributed by atoms with van der Waals surface area (Å²) in [6.07, 6.45) is 1.87. The number of aromatic nitrogens is 2. The van der Waals surface area contributed by atoms with E-state index in [-0.39, 0.29) is 5.78 Å². The van der Waals surface area contributed by atoms with Crippen molar-refractivity contribution in [3.63, 3.8) is 0 Å². The Bertz CT molecular complexity index is 420. The fourth-order valence-electron chi connectivity index (χ4n) is 1.73. The highest BCUT2D eigenvalue weighted by Gasteiger charge is 2.46. The summed E-state index contributed by atoms with van der Waals surface area (Å²) < 4.78 is 4.02. The molecule has 0 amide bonds. The van der Waals surface area contributed by atoms with Crippen LogP contribution in [0.1, 0.15) is 30.1 Å². The lowest BCUT2D eigenvalue weighted by Crippen LogP contribution is -2.28. The Kier molecular flexibility index (Phi) is 2.08. The summed E-state index contributed by atoms with van der Waals surface area (Å²) in [6.45, 7) is 1.77. The van der Waals surface area contributed by atoms with Gasteiger partial charge in [-0.1, -0.05) is 0 Å². The summed E-state index contributed by atoms with van der Waals surface area (Å²) in [4.78, 5) is 15.8. The topological polar surface area (TPSA) is 66.6 Å². The first-order valence-corrected chi connectivity index (χ1v) is 5.22. The van der Waals surface area contributed by atoms with Gasteiger partial charge in [0.05, 0.1) is 6.07 Å². The number of carbonyl (C=O) groups excluding carboxylic acids is 1. The number of hydrogen-bond donors (Lipinski definition) is 0. The first kappa shape index (κ1) is 9.28. The lowest BCUT2D eigenvalue weighted by molar-refractivity contribution is -0.120. The van der Waals surface area contributed by atoms with Gasteiger partial charge in [-0.25, -0.2) is 4.98 Å². The molecule has 1 saturated carbocycles. The number of ketones is 1. The molecule has 0 spiro atoms. The molecule has 0 radical (unpaired) electrons. The van der Waals surface area contributed by atoms with Gasteiger partial charge >= 0.3 is 0 Å². The molecule has 14 heavy (non-hydrogen) atoms. The molecule has 1 fully saturated rings. The van der Waals surface area contributed by atoms with E-state index in [2.05, 4.69) is 15.4 Å². The van der Waals surface area contributed by atoms with Gasteiger partial charge in [0, 0.05) is 6.42 Å². The summed E-state index contributed by atoms with van der Waals surface area (Å²) >= 11 is 1.17. The molecule has 72 valence electrons. The van der Waals surface area contributed by atoms with Crippen LogP contribution in [-0.2, 0) is 10.2 Å². The third-order valence-corrected chi connectivity index (χ3v) is 3.48. The van der Waals surface area contributed by atoms with E-state index >= 15 is 0 Å². The van der Waals surface area contributed by atoms with Crippen molar-refractivity contribution in [2.75, 3.05) is 0 Å². The predicted octanol–water partition coefficient (Wildman–Crippen LogP) is 1.36. The van der Waals surface area contributed by atoms with E-state index in [1.807, 2.05) is 0 Å². The normalized spacial score (nSPS) is 26.4.